The molecule has 0 saturated carbocycles. The molecule has 98 valence electrons. The number of nitrogen functional groups attached to an aromatic ring is 1. The number of rotatable bonds is 4. The Morgan fingerprint density at radius 3 is 2.42 bits per heavy atom. The van der Waals surface area contributed by atoms with Gasteiger partial charge in [0.25, 0.3) is 0 Å². The summed E-state index contributed by atoms with van der Waals surface area (Å²) >= 11 is 0. The van der Waals surface area contributed by atoms with E-state index >= 15 is 0 Å². The van der Waals surface area contributed by atoms with Crippen molar-refractivity contribution in [2.75, 3.05) is 11.1 Å². The molecule has 2 aromatic rings. The third kappa shape index (κ3) is 3.25. The van der Waals surface area contributed by atoms with Crippen molar-refractivity contribution < 1.29 is 4.79 Å². The summed E-state index contributed by atoms with van der Waals surface area (Å²) in [6.45, 7) is 2.73. The zero-order valence-corrected chi connectivity index (χ0v) is 10.8. The predicted molar refractivity (Wildman–Crippen MR) is 77.9 cm³/mol. The molecule has 0 fully saturated rings. The number of nitrogens with two attached hydrogens (primary N) is 2. The summed E-state index contributed by atoms with van der Waals surface area (Å²) in [5, 5.41) is 3.24. The van der Waals surface area contributed by atoms with E-state index in [1.807, 2.05) is 0 Å². The normalized spacial score (nSPS) is 10.2. The van der Waals surface area contributed by atoms with Crippen molar-refractivity contribution in [1.82, 2.24) is 0 Å². The lowest BCUT2D eigenvalue weighted by atomic mass is 10.1. The second-order valence-electron chi connectivity index (χ2n) is 4.51. The molecule has 4 heteroatoms. The van der Waals surface area contributed by atoms with E-state index in [4.69, 9.17) is 11.5 Å². The first-order valence-corrected chi connectivity index (χ1v) is 6.05. The molecule has 0 aromatic heterocycles. The van der Waals surface area contributed by atoms with Crippen LogP contribution in [0.2, 0.25) is 0 Å². The molecule has 1 amide bonds. The number of nitrogens with one attached hydrogen (secondary N) is 1. The number of anilines is 2. The topological polar surface area (TPSA) is 81.1 Å². The number of hydrogen-bond donors (Lipinski definition) is 3. The first kappa shape index (κ1) is 13.0. The summed E-state index contributed by atoms with van der Waals surface area (Å²) in [5.74, 6) is -0.475. The highest BCUT2D eigenvalue weighted by Crippen LogP contribution is 2.20. The van der Waals surface area contributed by atoms with E-state index in [0.29, 0.717) is 17.8 Å². The van der Waals surface area contributed by atoms with Crippen LogP contribution >= 0.6 is 0 Å². The first-order chi connectivity index (χ1) is 9.06. The van der Waals surface area contributed by atoms with Gasteiger partial charge >= 0.3 is 0 Å². The molecule has 0 bridgehead atoms. The molecule has 19 heavy (non-hydrogen) atoms. The van der Waals surface area contributed by atoms with Crippen molar-refractivity contribution in [3.63, 3.8) is 0 Å². The molecule has 0 heterocycles. The molecular formula is C15H17N3O. The van der Waals surface area contributed by atoms with Gasteiger partial charge in [0.2, 0.25) is 5.91 Å². The van der Waals surface area contributed by atoms with Crippen LogP contribution in [0.4, 0.5) is 11.4 Å². The zero-order chi connectivity index (χ0) is 13.8. The number of carbonyl (C=O) groups excluding carboxylic acids is 1. The number of aryl methyl sites for hydroxylation is 1. The molecule has 2 rings (SSSR count). The smallest absolute Gasteiger partial charge is 0.248 e. The number of benzene rings is 2. The fourth-order valence-corrected chi connectivity index (χ4v) is 1.78. The van der Waals surface area contributed by atoms with Gasteiger partial charge in [-0.3, -0.25) is 4.79 Å². The van der Waals surface area contributed by atoms with Gasteiger partial charge < -0.3 is 16.8 Å². The van der Waals surface area contributed by atoms with Crippen molar-refractivity contribution in [2.45, 2.75) is 13.5 Å². The minimum atomic E-state index is -0.475. The van der Waals surface area contributed by atoms with E-state index in [1.54, 1.807) is 18.2 Å². The molecule has 0 spiro atoms. The Kier molecular flexibility index (Phi) is 3.71. The molecule has 0 atom stereocenters. The van der Waals surface area contributed by atoms with Gasteiger partial charge in [0, 0.05) is 12.1 Å². The van der Waals surface area contributed by atoms with Crippen molar-refractivity contribution >= 4 is 17.3 Å². The largest absolute Gasteiger partial charge is 0.397 e. The summed E-state index contributed by atoms with van der Waals surface area (Å²) < 4.78 is 0. The fraction of sp³-hybridized carbons (Fsp3) is 0.133. The third-order valence-corrected chi connectivity index (χ3v) is 2.94. The number of amides is 1. The standard InChI is InChI=1S/C15H17N3O/c1-10-2-4-11(5-3-10)9-18-14-7-6-12(15(17)19)8-13(14)16/h2-8,18H,9,16H2,1H3,(H2,17,19). The maximum Gasteiger partial charge on any atom is 0.248 e. The number of primary amides is 1. The van der Waals surface area contributed by atoms with Gasteiger partial charge in [-0.2, -0.15) is 0 Å². The second kappa shape index (κ2) is 5.44. The number of hydrogen-bond acceptors (Lipinski definition) is 3. The van der Waals surface area contributed by atoms with Crippen molar-refractivity contribution in [1.29, 1.82) is 0 Å². The van der Waals surface area contributed by atoms with Crippen LogP contribution in [0, 0.1) is 6.92 Å². The summed E-state index contributed by atoms with van der Waals surface area (Å²) in [7, 11) is 0. The Bertz CT molecular complexity index is 591. The van der Waals surface area contributed by atoms with Gasteiger partial charge in [-0.05, 0) is 30.7 Å². The van der Waals surface area contributed by atoms with Gasteiger partial charge in [-0.15, -0.1) is 0 Å². The third-order valence-electron chi connectivity index (χ3n) is 2.94. The summed E-state index contributed by atoms with van der Waals surface area (Å²) in [6.07, 6.45) is 0. The summed E-state index contributed by atoms with van der Waals surface area (Å²) in [6, 6.07) is 13.3. The predicted octanol–water partition coefficient (Wildman–Crippen LogP) is 2.29. The molecular weight excluding hydrogens is 238 g/mol. The average Bonchev–Trinajstić information content (AvgIpc) is 2.39. The van der Waals surface area contributed by atoms with Crippen LogP contribution in [0.25, 0.3) is 0 Å². The van der Waals surface area contributed by atoms with Crippen molar-refractivity contribution in [3.8, 4) is 0 Å². The van der Waals surface area contributed by atoms with Crippen molar-refractivity contribution in [3.05, 3.63) is 59.2 Å². The fourth-order valence-electron chi connectivity index (χ4n) is 1.78. The monoisotopic (exact) mass is 255 g/mol. The quantitative estimate of drug-likeness (QED) is 0.733. The van der Waals surface area contributed by atoms with E-state index in [2.05, 4.69) is 36.5 Å². The van der Waals surface area contributed by atoms with Gasteiger partial charge in [-0.1, -0.05) is 29.8 Å². The summed E-state index contributed by atoms with van der Waals surface area (Å²) in [5.41, 5.74) is 15.2. The Morgan fingerprint density at radius 2 is 1.84 bits per heavy atom. The summed E-state index contributed by atoms with van der Waals surface area (Å²) in [4.78, 5) is 11.0. The Hall–Kier alpha value is -2.49. The molecule has 0 aliphatic rings. The first-order valence-electron chi connectivity index (χ1n) is 6.05. The Morgan fingerprint density at radius 1 is 1.16 bits per heavy atom. The minimum absolute atomic E-state index is 0.415. The zero-order valence-electron chi connectivity index (χ0n) is 10.8. The maximum absolute atomic E-state index is 11.0. The van der Waals surface area contributed by atoms with Gasteiger partial charge in [0.05, 0.1) is 11.4 Å². The molecule has 0 saturated heterocycles. The van der Waals surface area contributed by atoms with Crippen LogP contribution in [0.5, 0.6) is 0 Å². The van der Waals surface area contributed by atoms with Gasteiger partial charge in [0.15, 0.2) is 0 Å². The second-order valence-corrected chi connectivity index (χ2v) is 4.51. The van der Waals surface area contributed by atoms with E-state index in [-0.39, 0.29) is 0 Å². The molecule has 0 aliphatic heterocycles. The van der Waals surface area contributed by atoms with E-state index < -0.39 is 5.91 Å². The molecule has 4 nitrogen and oxygen atoms in total. The van der Waals surface area contributed by atoms with Crippen LogP contribution in [-0.4, -0.2) is 5.91 Å². The minimum Gasteiger partial charge on any atom is -0.397 e. The van der Waals surface area contributed by atoms with Crippen LogP contribution < -0.4 is 16.8 Å². The Labute approximate surface area is 112 Å². The van der Waals surface area contributed by atoms with Crippen LogP contribution in [0.1, 0.15) is 21.5 Å². The molecule has 0 radical (unpaired) electrons. The Balaban J connectivity index is 2.07. The SMILES string of the molecule is Cc1ccc(CNc2ccc(C(N)=O)cc2N)cc1. The lowest BCUT2D eigenvalue weighted by Crippen LogP contribution is -2.12. The van der Waals surface area contributed by atoms with Gasteiger partial charge in [-0.25, -0.2) is 0 Å². The van der Waals surface area contributed by atoms with Crippen LogP contribution in [-0.2, 0) is 6.54 Å². The van der Waals surface area contributed by atoms with E-state index in [0.717, 1.165) is 5.69 Å². The highest BCUT2D eigenvalue weighted by molar-refractivity contribution is 5.94. The highest BCUT2D eigenvalue weighted by atomic mass is 16.1. The van der Waals surface area contributed by atoms with E-state index in [1.165, 1.54) is 11.1 Å². The lowest BCUT2D eigenvalue weighted by Gasteiger charge is -2.10. The maximum atomic E-state index is 11.0. The van der Waals surface area contributed by atoms with Crippen LogP contribution in [0.3, 0.4) is 0 Å². The average molecular weight is 255 g/mol. The molecule has 0 aliphatic carbocycles. The highest BCUT2D eigenvalue weighted by Gasteiger charge is 2.04. The van der Waals surface area contributed by atoms with E-state index in [9.17, 15) is 4.79 Å². The van der Waals surface area contributed by atoms with Crippen LogP contribution in [0.15, 0.2) is 42.5 Å². The molecule has 5 N–H and O–H groups in total. The molecule has 2 aromatic carbocycles. The van der Waals surface area contributed by atoms with Gasteiger partial charge in [0.1, 0.15) is 0 Å². The lowest BCUT2D eigenvalue weighted by molar-refractivity contribution is 0.100. The molecule has 0 unspecified atom stereocenters. The van der Waals surface area contributed by atoms with Crippen molar-refractivity contribution in [2.24, 2.45) is 5.73 Å². The number of carbonyl (C=O) groups is 1.